The fourth-order valence-corrected chi connectivity index (χ4v) is 5.88. The lowest BCUT2D eigenvalue weighted by Crippen LogP contribution is -2.30. The van der Waals surface area contributed by atoms with Gasteiger partial charge >= 0.3 is 0 Å². The Balaban J connectivity index is 1.26. The van der Waals surface area contributed by atoms with Crippen LogP contribution < -0.4 is 5.32 Å². The van der Waals surface area contributed by atoms with Gasteiger partial charge < -0.3 is 24.6 Å². The van der Waals surface area contributed by atoms with E-state index in [0.29, 0.717) is 25.3 Å². The van der Waals surface area contributed by atoms with Gasteiger partial charge in [0.25, 0.3) is 5.91 Å². The van der Waals surface area contributed by atoms with E-state index in [1.54, 1.807) is 22.7 Å². The summed E-state index contributed by atoms with van der Waals surface area (Å²) in [5.41, 5.74) is 4.99. The summed E-state index contributed by atoms with van der Waals surface area (Å²) in [4.78, 5) is 17.9. The lowest BCUT2D eigenvalue weighted by Gasteiger charge is -2.29. The van der Waals surface area contributed by atoms with Crippen LogP contribution in [0.2, 0.25) is 0 Å². The van der Waals surface area contributed by atoms with Gasteiger partial charge in [0.05, 0.1) is 36.6 Å². The quantitative estimate of drug-likeness (QED) is 0.252. The lowest BCUT2D eigenvalue weighted by atomic mass is 9.95. The number of carbonyl (C=O) groups excluding carboxylic acids is 1. The molecule has 2 atom stereocenters. The molecule has 0 radical (unpaired) electrons. The smallest absolute Gasteiger partial charge is 0.290 e. The molecular formula is C28H28N2O5S2. The molecule has 0 saturated heterocycles. The molecule has 0 saturated carbocycles. The number of benzene rings is 2. The topological polar surface area (TPSA) is 89.9 Å². The van der Waals surface area contributed by atoms with Gasteiger partial charge in [-0.2, -0.15) is 11.3 Å². The van der Waals surface area contributed by atoms with Crippen molar-refractivity contribution in [3.63, 3.8) is 0 Å². The number of aryl methyl sites for hydroxylation is 1. The van der Waals surface area contributed by atoms with E-state index >= 15 is 0 Å². The largest absolute Gasteiger partial charge is 0.459 e. The van der Waals surface area contributed by atoms with Gasteiger partial charge in [-0.15, -0.1) is 11.3 Å². The van der Waals surface area contributed by atoms with Crippen LogP contribution in [-0.2, 0) is 19.0 Å². The highest BCUT2D eigenvalue weighted by Gasteiger charge is 2.29. The van der Waals surface area contributed by atoms with E-state index < -0.39 is 6.29 Å². The zero-order valence-electron chi connectivity index (χ0n) is 20.4. The Morgan fingerprint density at radius 2 is 2.03 bits per heavy atom. The zero-order valence-corrected chi connectivity index (χ0v) is 22.0. The minimum Gasteiger partial charge on any atom is -0.459 e. The first-order valence-corrected chi connectivity index (χ1v) is 13.8. The summed E-state index contributed by atoms with van der Waals surface area (Å²) in [6.07, 6.45) is 1.89. The number of carbonyl (C=O) groups is 1. The number of aliphatic hydroxyl groups excluding tert-OH is 1. The molecule has 0 fully saturated rings. The predicted octanol–water partition coefficient (Wildman–Crippen LogP) is 5.71. The SMILES string of the molecule is Cc1ccc2nc(-c3ccc(NC(=O)C4=C[C@H](c5ccsc5)C[C@H](OCCOCCO)O4)cc3)sc2c1. The van der Waals surface area contributed by atoms with Crippen LogP contribution in [0.4, 0.5) is 5.69 Å². The maximum Gasteiger partial charge on any atom is 0.290 e. The van der Waals surface area contributed by atoms with Gasteiger partial charge in [0.15, 0.2) is 5.76 Å². The van der Waals surface area contributed by atoms with E-state index in [2.05, 4.69) is 35.8 Å². The number of ether oxygens (including phenoxy) is 3. The van der Waals surface area contributed by atoms with E-state index in [1.165, 1.54) is 5.56 Å². The summed E-state index contributed by atoms with van der Waals surface area (Å²) < 4.78 is 18.2. The number of hydrogen-bond acceptors (Lipinski definition) is 8. The molecule has 0 bridgehead atoms. The molecule has 0 aliphatic carbocycles. The first-order valence-electron chi connectivity index (χ1n) is 12.1. The molecule has 9 heteroatoms. The molecule has 1 aliphatic rings. The van der Waals surface area contributed by atoms with Gasteiger partial charge in [-0.05, 0) is 77.4 Å². The molecule has 2 aromatic heterocycles. The van der Waals surface area contributed by atoms with Gasteiger partial charge in [0.2, 0.25) is 6.29 Å². The molecule has 0 unspecified atom stereocenters. The molecule has 3 heterocycles. The second kappa shape index (κ2) is 12.0. The van der Waals surface area contributed by atoms with Gasteiger partial charge in [-0.25, -0.2) is 4.98 Å². The molecule has 37 heavy (non-hydrogen) atoms. The number of aromatic nitrogens is 1. The molecule has 2 N–H and O–H groups in total. The van der Waals surface area contributed by atoms with Crippen molar-refractivity contribution in [1.82, 2.24) is 4.98 Å². The number of nitrogens with one attached hydrogen (secondary N) is 1. The highest BCUT2D eigenvalue weighted by molar-refractivity contribution is 7.21. The molecule has 1 amide bonds. The predicted molar refractivity (Wildman–Crippen MR) is 147 cm³/mol. The molecule has 7 nitrogen and oxygen atoms in total. The number of thiophene rings is 1. The summed E-state index contributed by atoms with van der Waals surface area (Å²) in [7, 11) is 0. The van der Waals surface area contributed by atoms with Crippen LogP contribution in [0.5, 0.6) is 0 Å². The molecule has 5 rings (SSSR count). The molecular weight excluding hydrogens is 508 g/mol. The Bertz CT molecular complexity index is 1370. The Hall–Kier alpha value is -3.08. The third-order valence-corrected chi connectivity index (χ3v) is 7.72. The zero-order chi connectivity index (χ0) is 25.6. The normalized spacial score (nSPS) is 17.4. The minimum absolute atomic E-state index is 0.00848. The number of fused-ring (bicyclic) bond motifs is 1. The molecule has 1 aliphatic heterocycles. The average Bonchev–Trinajstić information content (AvgIpc) is 3.59. The monoisotopic (exact) mass is 536 g/mol. The first-order chi connectivity index (χ1) is 18.1. The van der Waals surface area contributed by atoms with Gasteiger partial charge in [0.1, 0.15) is 5.01 Å². The second-order valence-electron chi connectivity index (χ2n) is 8.71. The fraction of sp³-hybridized carbons (Fsp3) is 0.286. The second-order valence-corrected chi connectivity index (χ2v) is 10.5. The third-order valence-electron chi connectivity index (χ3n) is 5.95. The lowest BCUT2D eigenvalue weighted by molar-refractivity contribution is -0.148. The van der Waals surface area contributed by atoms with Crippen molar-refractivity contribution in [2.75, 3.05) is 31.7 Å². The third kappa shape index (κ3) is 6.44. The summed E-state index contributed by atoms with van der Waals surface area (Å²) in [6.45, 7) is 2.95. The van der Waals surface area contributed by atoms with Crippen molar-refractivity contribution in [2.45, 2.75) is 25.6 Å². The van der Waals surface area contributed by atoms with Crippen molar-refractivity contribution < 1.29 is 24.1 Å². The fourth-order valence-electron chi connectivity index (χ4n) is 4.09. The summed E-state index contributed by atoms with van der Waals surface area (Å²) in [5, 5.41) is 16.8. The maximum absolute atomic E-state index is 13.1. The number of allylic oxidation sites excluding steroid dienone is 1. The van der Waals surface area contributed by atoms with Gasteiger partial charge in [0, 0.05) is 23.6 Å². The molecule has 0 spiro atoms. The highest BCUT2D eigenvalue weighted by Crippen LogP contribution is 2.34. The minimum atomic E-state index is -0.571. The van der Waals surface area contributed by atoms with Crippen LogP contribution in [0.25, 0.3) is 20.8 Å². The molecule has 4 aromatic rings. The molecule has 2 aromatic carbocycles. The number of hydrogen-bond donors (Lipinski definition) is 2. The average molecular weight is 537 g/mol. The number of aliphatic hydroxyl groups is 1. The Morgan fingerprint density at radius 3 is 2.81 bits per heavy atom. The van der Waals surface area contributed by atoms with E-state index in [-0.39, 0.29) is 30.8 Å². The van der Waals surface area contributed by atoms with Crippen LogP contribution in [0.15, 0.2) is 71.1 Å². The van der Waals surface area contributed by atoms with E-state index in [4.69, 9.17) is 24.3 Å². The van der Waals surface area contributed by atoms with Crippen molar-refractivity contribution in [2.24, 2.45) is 0 Å². The number of amides is 1. The number of thiazole rings is 1. The Kier molecular flexibility index (Phi) is 8.28. The number of anilines is 1. The first kappa shape index (κ1) is 25.6. The van der Waals surface area contributed by atoms with Gasteiger partial charge in [-0.3, -0.25) is 4.79 Å². The van der Waals surface area contributed by atoms with Crippen LogP contribution in [0.3, 0.4) is 0 Å². The van der Waals surface area contributed by atoms with Crippen LogP contribution in [0.1, 0.15) is 23.5 Å². The standard InChI is InChI=1S/C28H28N2O5S2/c1-18-2-7-23-25(14-18)37-28(30-23)19-3-5-22(6-4-19)29-27(32)24-15-21(20-8-13-36-17-20)16-26(35-24)34-12-11-33-10-9-31/h2-8,13-15,17,21,26,31H,9-12,16H2,1H3,(H,29,32)/t21-,26+/m0/s1. The van der Waals surface area contributed by atoms with E-state index in [1.807, 2.05) is 41.8 Å². The van der Waals surface area contributed by atoms with Gasteiger partial charge in [-0.1, -0.05) is 6.07 Å². The number of rotatable bonds is 10. The van der Waals surface area contributed by atoms with Crippen molar-refractivity contribution >= 4 is 44.5 Å². The van der Waals surface area contributed by atoms with E-state index in [9.17, 15) is 4.79 Å². The summed E-state index contributed by atoms with van der Waals surface area (Å²) >= 11 is 3.27. The Morgan fingerprint density at radius 1 is 1.16 bits per heavy atom. The summed E-state index contributed by atoms with van der Waals surface area (Å²) in [6, 6.07) is 16.0. The van der Waals surface area contributed by atoms with Crippen LogP contribution >= 0.6 is 22.7 Å². The van der Waals surface area contributed by atoms with Crippen molar-refractivity contribution in [3.05, 3.63) is 82.3 Å². The Labute approximate surface area is 223 Å². The number of nitrogens with zero attached hydrogens (tertiary/aromatic N) is 1. The van der Waals surface area contributed by atoms with Crippen molar-refractivity contribution in [1.29, 1.82) is 0 Å². The van der Waals surface area contributed by atoms with Crippen LogP contribution in [-0.4, -0.2) is 48.7 Å². The maximum atomic E-state index is 13.1. The van der Waals surface area contributed by atoms with Crippen molar-refractivity contribution in [3.8, 4) is 10.6 Å². The molecule has 192 valence electrons. The highest BCUT2D eigenvalue weighted by atomic mass is 32.1. The van der Waals surface area contributed by atoms with E-state index in [0.717, 1.165) is 26.4 Å². The van der Waals surface area contributed by atoms with Crippen LogP contribution in [0, 0.1) is 6.92 Å². The summed E-state index contributed by atoms with van der Waals surface area (Å²) in [5.74, 6) is -0.0863.